The molecule has 3 rings (SSSR count). The molecule has 1 unspecified atom stereocenters. The Morgan fingerprint density at radius 1 is 1.17 bits per heavy atom. The summed E-state index contributed by atoms with van der Waals surface area (Å²) in [6.45, 7) is 2.19. The summed E-state index contributed by atoms with van der Waals surface area (Å²) < 4.78 is 13.6. The van der Waals surface area contributed by atoms with Crippen LogP contribution in [0.3, 0.4) is 0 Å². The van der Waals surface area contributed by atoms with Crippen LogP contribution in [0.25, 0.3) is 0 Å². The molecule has 0 radical (unpaired) electrons. The van der Waals surface area contributed by atoms with Crippen molar-refractivity contribution in [1.82, 2.24) is 5.32 Å². The summed E-state index contributed by atoms with van der Waals surface area (Å²) in [5, 5.41) is 2.76. The third-order valence-electron chi connectivity index (χ3n) is 4.32. The molecule has 0 bridgehead atoms. The topological polar surface area (TPSA) is 49.4 Å². The van der Waals surface area contributed by atoms with Gasteiger partial charge in [-0.15, -0.1) is 0 Å². The van der Waals surface area contributed by atoms with Gasteiger partial charge in [-0.05, 0) is 17.7 Å². The van der Waals surface area contributed by atoms with Gasteiger partial charge in [0.05, 0.1) is 0 Å². The van der Waals surface area contributed by atoms with E-state index in [-0.39, 0.29) is 36.5 Å². The maximum atomic E-state index is 13.6. The Kier molecular flexibility index (Phi) is 4.60. The zero-order chi connectivity index (χ0) is 17.1. The maximum absolute atomic E-state index is 13.6. The van der Waals surface area contributed by atoms with Crippen molar-refractivity contribution in [2.75, 3.05) is 11.4 Å². The van der Waals surface area contributed by atoms with Gasteiger partial charge in [-0.3, -0.25) is 9.59 Å². The molecule has 24 heavy (non-hydrogen) atoms. The number of anilines is 1. The van der Waals surface area contributed by atoms with Gasteiger partial charge in [0, 0.05) is 43.6 Å². The maximum Gasteiger partial charge on any atom is 0.223 e. The first-order valence-corrected chi connectivity index (χ1v) is 7.93. The summed E-state index contributed by atoms with van der Waals surface area (Å²) in [6.07, 6.45) is 0.273. The van der Waals surface area contributed by atoms with E-state index in [1.54, 1.807) is 23.1 Å². The summed E-state index contributed by atoms with van der Waals surface area (Å²) in [7, 11) is 0. The van der Waals surface area contributed by atoms with Gasteiger partial charge in [-0.25, -0.2) is 4.39 Å². The predicted octanol–water partition coefficient (Wildman–Crippen LogP) is 2.98. The first kappa shape index (κ1) is 16.2. The van der Waals surface area contributed by atoms with Gasteiger partial charge < -0.3 is 10.2 Å². The van der Waals surface area contributed by atoms with Gasteiger partial charge >= 0.3 is 0 Å². The number of hydrogen-bond acceptors (Lipinski definition) is 2. The standard InChI is InChI=1S/C19H19FN2O2/c1-13(23)22-12-15(16-7-3-5-9-18(16)22)10-19(24)21-11-14-6-2-4-8-17(14)20/h2-9,15H,10-12H2,1H3,(H,21,24). The molecular weight excluding hydrogens is 307 g/mol. The largest absolute Gasteiger partial charge is 0.352 e. The molecule has 0 fully saturated rings. The van der Waals surface area contributed by atoms with Crippen LogP contribution < -0.4 is 10.2 Å². The Bertz CT molecular complexity index is 775. The van der Waals surface area contributed by atoms with Crippen LogP contribution in [0.15, 0.2) is 48.5 Å². The second-order valence-electron chi connectivity index (χ2n) is 5.96. The Morgan fingerprint density at radius 2 is 1.88 bits per heavy atom. The average molecular weight is 326 g/mol. The smallest absolute Gasteiger partial charge is 0.223 e. The van der Waals surface area contributed by atoms with E-state index in [0.29, 0.717) is 12.1 Å². The quantitative estimate of drug-likeness (QED) is 0.939. The molecule has 1 aliphatic heterocycles. The minimum absolute atomic E-state index is 0.0308. The second-order valence-corrected chi connectivity index (χ2v) is 5.96. The molecule has 0 spiro atoms. The van der Waals surface area contributed by atoms with Crippen molar-refractivity contribution in [2.24, 2.45) is 0 Å². The summed E-state index contributed by atoms with van der Waals surface area (Å²) in [5.74, 6) is -0.544. The molecule has 0 saturated heterocycles. The lowest BCUT2D eigenvalue weighted by molar-refractivity contribution is -0.122. The van der Waals surface area contributed by atoms with Gasteiger partial charge in [-0.1, -0.05) is 36.4 Å². The lowest BCUT2D eigenvalue weighted by Crippen LogP contribution is -2.29. The molecule has 5 heteroatoms. The van der Waals surface area contributed by atoms with Gasteiger partial charge in [0.2, 0.25) is 11.8 Å². The normalized spacial score (nSPS) is 15.9. The number of fused-ring (bicyclic) bond motifs is 1. The summed E-state index contributed by atoms with van der Waals surface area (Å²) in [4.78, 5) is 25.7. The fourth-order valence-electron chi connectivity index (χ4n) is 3.10. The van der Waals surface area contributed by atoms with Crippen LogP contribution in [0.4, 0.5) is 10.1 Å². The van der Waals surface area contributed by atoms with Crippen LogP contribution in [0.5, 0.6) is 0 Å². The molecule has 1 atom stereocenters. The summed E-state index contributed by atoms with van der Waals surface area (Å²) in [6, 6.07) is 14.0. The number of carbonyl (C=O) groups excluding carboxylic acids is 2. The fourth-order valence-corrected chi connectivity index (χ4v) is 3.10. The minimum Gasteiger partial charge on any atom is -0.352 e. The van der Waals surface area contributed by atoms with E-state index in [9.17, 15) is 14.0 Å². The number of halogens is 1. The number of nitrogens with one attached hydrogen (secondary N) is 1. The number of carbonyl (C=O) groups is 2. The van der Waals surface area contributed by atoms with E-state index < -0.39 is 0 Å². The first-order chi connectivity index (χ1) is 11.6. The van der Waals surface area contributed by atoms with Gasteiger partial charge in [-0.2, -0.15) is 0 Å². The van der Waals surface area contributed by atoms with Crippen LogP contribution in [0.1, 0.15) is 30.4 Å². The molecule has 0 aliphatic carbocycles. The monoisotopic (exact) mass is 326 g/mol. The second kappa shape index (κ2) is 6.83. The molecule has 1 heterocycles. The predicted molar refractivity (Wildman–Crippen MR) is 90.1 cm³/mol. The fraction of sp³-hybridized carbons (Fsp3) is 0.263. The molecule has 2 aromatic rings. The number of nitrogens with zero attached hydrogens (tertiary/aromatic N) is 1. The van der Waals surface area contributed by atoms with Crippen LogP contribution in [0, 0.1) is 5.82 Å². The highest BCUT2D eigenvalue weighted by molar-refractivity contribution is 5.94. The highest BCUT2D eigenvalue weighted by atomic mass is 19.1. The van der Waals surface area contributed by atoms with Crippen molar-refractivity contribution in [3.63, 3.8) is 0 Å². The van der Waals surface area contributed by atoms with Crippen molar-refractivity contribution >= 4 is 17.5 Å². The number of amides is 2. The molecular formula is C19H19FN2O2. The molecule has 4 nitrogen and oxygen atoms in total. The minimum atomic E-state index is -0.327. The Hall–Kier alpha value is -2.69. The van der Waals surface area contributed by atoms with Gasteiger partial charge in [0.1, 0.15) is 5.82 Å². The van der Waals surface area contributed by atoms with E-state index in [1.807, 2.05) is 24.3 Å². The lowest BCUT2D eigenvalue weighted by Gasteiger charge is -2.15. The molecule has 2 aromatic carbocycles. The number of hydrogen-bond donors (Lipinski definition) is 1. The first-order valence-electron chi connectivity index (χ1n) is 7.93. The number of rotatable bonds is 4. The van der Waals surface area contributed by atoms with Crippen molar-refractivity contribution in [1.29, 1.82) is 0 Å². The SMILES string of the molecule is CC(=O)N1CC(CC(=O)NCc2ccccc2F)c2ccccc21. The molecule has 1 N–H and O–H groups in total. The average Bonchev–Trinajstić information content (AvgIpc) is 2.93. The Labute approximate surface area is 140 Å². The third kappa shape index (κ3) is 3.30. The van der Waals surface area contributed by atoms with Crippen LogP contribution >= 0.6 is 0 Å². The number of benzene rings is 2. The molecule has 124 valence electrons. The van der Waals surface area contributed by atoms with Crippen molar-refractivity contribution in [3.05, 3.63) is 65.5 Å². The van der Waals surface area contributed by atoms with Crippen LogP contribution in [-0.4, -0.2) is 18.4 Å². The zero-order valence-electron chi connectivity index (χ0n) is 13.5. The van der Waals surface area contributed by atoms with Crippen molar-refractivity contribution in [3.8, 4) is 0 Å². The van der Waals surface area contributed by atoms with E-state index in [0.717, 1.165) is 11.3 Å². The van der Waals surface area contributed by atoms with E-state index in [4.69, 9.17) is 0 Å². The van der Waals surface area contributed by atoms with E-state index in [2.05, 4.69) is 5.32 Å². The van der Waals surface area contributed by atoms with Crippen LogP contribution in [0.2, 0.25) is 0 Å². The highest BCUT2D eigenvalue weighted by Crippen LogP contribution is 2.37. The molecule has 0 saturated carbocycles. The third-order valence-corrected chi connectivity index (χ3v) is 4.32. The summed E-state index contributed by atoms with van der Waals surface area (Å²) in [5.41, 5.74) is 2.34. The van der Waals surface area contributed by atoms with Crippen molar-refractivity contribution in [2.45, 2.75) is 25.8 Å². The highest BCUT2D eigenvalue weighted by Gasteiger charge is 2.31. The van der Waals surface area contributed by atoms with Crippen LogP contribution in [-0.2, 0) is 16.1 Å². The number of para-hydroxylation sites is 1. The van der Waals surface area contributed by atoms with Gasteiger partial charge in [0.15, 0.2) is 0 Å². The lowest BCUT2D eigenvalue weighted by atomic mass is 9.97. The molecule has 2 amide bonds. The summed E-state index contributed by atoms with van der Waals surface area (Å²) >= 11 is 0. The Morgan fingerprint density at radius 3 is 2.62 bits per heavy atom. The zero-order valence-corrected chi connectivity index (χ0v) is 13.5. The van der Waals surface area contributed by atoms with Gasteiger partial charge in [0.25, 0.3) is 0 Å². The van der Waals surface area contributed by atoms with E-state index in [1.165, 1.54) is 13.0 Å². The molecule has 1 aliphatic rings. The van der Waals surface area contributed by atoms with E-state index >= 15 is 0 Å². The Balaban J connectivity index is 1.65. The van der Waals surface area contributed by atoms with Crippen molar-refractivity contribution < 1.29 is 14.0 Å². The molecule has 0 aromatic heterocycles.